The van der Waals surface area contributed by atoms with Crippen molar-refractivity contribution in [1.82, 2.24) is 0 Å². The summed E-state index contributed by atoms with van der Waals surface area (Å²) in [5.41, 5.74) is 0. The average molecular weight is 454 g/mol. The van der Waals surface area contributed by atoms with E-state index in [0.29, 0.717) is 0 Å². The maximum atomic E-state index is 2.67. The molecule has 0 aliphatic carbocycles. The van der Waals surface area contributed by atoms with Crippen LogP contribution in [-0.2, 0) is 0 Å². The van der Waals surface area contributed by atoms with E-state index in [1.807, 2.05) is 0 Å². The molecule has 82 valence electrons. The van der Waals surface area contributed by atoms with Crippen molar-refractivity contribution < 1.29 is 0 Å². The van der Waals surface area contributed by atoms with E-state index in [4.69, 9.17) is 0 Å². The summed E-state index contributed by atoms with van der Waals surface area (Å²) in [6.45, 7) is 9.68. The molecular formula is C10H18I2P2. The van der Waals surface area contributed by atoms with Gasteiger partial charge in [0.1, 0.15) is 0 Å². The summed E-state index contributed by atoms with van der Waals surface area (Å²) >= 11 is 5.33. The second-order valence-electron chi connectivity index (χ2n) is 4.49. The molecule has 0 amide bonds. The van der Waals surface area contributed by atoms with Crippen molar-refractivity contribution in [2.75, 3.05) is 26.7 Å². The minimum absolute atomic E-state index is 1.19. The summed E-state index contributed by atoms with van der Waals surface area (Å²) in [4.78, 5) is -2.38. The molecule has 0 radical (unpaired) electrons. The molecule has 1 rings (SSSR count). The van der Waals surface area contributed by atoms with Crippen LogP contribution in [-0.4, -0.2) is 26.7 Å². The Labute approximate surface area is 114 Å². The van der Waals surface area contributed by atoms with Gasteiger partial charge in [-0.3, -0.25) is 0 Å². The van der Waals surface area contributed by atoms with Crippen molar-refractivity contribution in [2.45, 2.75) is 0 Å². The topological polar surface area (TPSA) is 0 Å². The maximum absolute atomic E-state index is 2.67. The molecule has 0 N–H and O–H groups in total. The standard InChI is InChI=1S/C10H18I2P2/c1-13(2,11)9-7-5-6-8-10(9)14(3,4)12/h5-8,13-14H,1-4H3. The summed E-state index contributed by atoms with van der Waals surface area (Å²) < 4.78 is 0. The zero-order chi connectivity index (χ0) is 11.0. The van der Waals surface area contributed by atoms with Gasteiger partial charge < -0.3 is 0 Å². The Kier molecular flexibility index (Phi) is 4.67. The zero-order valence-corrected chi connectivity index (χ0v) is 15.4. The molecule has 0 bridgehead atoms. The summed E-state index contributed by atoms with van der Waals surface area (Å²) in [6, 6.07) is 9.04. The van der Waals surface area contributed by atoms with E-state index in [9.17, 15) is 0 Å². The monoisotopic (exact) mass is 454 g/mol. The molecule has 0 heterocycles. The molecule has 1 aromatic carbocycles. The van der Waals surface area contributed by atoms with Crippen molar-refractivity contribution in [2.24, 2.45) is 0 Å². The third-order valence-electron chi connectivity index (χ3n) is 2.21. The van der Waals surface area contributed by atoms with Gasteiger partial charge in [-0.25, -0.2) is 0 Å². The van der Waals surface area contributed by atoms with Crippen LogP contribution in [0.1, 0.15) is 0 Å². The molecule has 14 heavy (non-hydrogen) atoms. The molecule has 0 atom stereocenters. The predicted molar refractivity (Wildman–Crippen MR) is 94.1 cm³/mol. The number of rotatable bonds is 2. The van der Waals surface area contributed by atoms with E-state index in [2.05, 4.69) is 95.0 Å². The fourth-order valence-electron chi connectivity index (χ4n) is 1.52. The van der Waals surface area contributed by atoms with Crippen molar-refractivity contribution in [3.05, 3.63) is 24.3 Å². The fraction of sp³-hybridized carbons (Fsp3) is 0.400. The van der Waals surface area contributed by atoms with Gasteiger partial charge in [0.05, 0.1) is 0 Å². The van der Waals surface area contributed by atoms with Gasteiger partial charge in [0, 0.05) is 0 Å². The van der Waals surface area contributed by atoms with Crippen molar-refractivity contribution >= 4 is 64.5 Å². The first-order valence-electron chi connectivity index (χ1n) is 4.71. The molecule has 0 spiro atoms. The van der Waals surface area contributed by atoms with Crippen LogP contribution in [0.15, 0.2) is 24.3 Å². The van der Waals surface area contributed by atoms with E-state index in [1.165, 1.54) is 0 Å². The molecular weight excluding hydrogens is 436 g/mol. The van der Waals surface area contributed by atoms with Gasteiger partial charge in [-0.05, 0) is 0 Å². The van der Waals surface area contributed by atoms with Crippen LogP contribution < -0.4 is 10.6 Å². The van der Waals surface area contributed by atoms with Crippen LogP contribution in [0.3, 0.4) is 0 Å². The van der Waals surface area contributed by atoms with Gasteiger partial charge in [-0.2, -0.15) is 0 Å². The van der Waals surface area contributed by atoms with E-state index >= 15 is 0 Å². The summed E-state index contributed by atoms with van der Waals surface area (Å²) in [7, 11) is 0. The first-order chi connectivity index (χ1) is 6.23. The third-order valence-corrected chi connectivity index (χ3v) is 9.38. The Morgan fingerprint density at radius 3 is 1.29 bits per heavy atom. The zero-order valence-electron chi connectivity index (χ0n) is 9.07. The van der Waals surface area contributed by atoms with Crippen LogP contribution in [0.2, 0.25) is 0 Å². The first-order valence-corrected chi connectivity index (χ1v) is 16.9. The molecule has 0 nitrogen and oxygen atoms in total. The molecule has 0 aromatic heterocycles. The Bertz CT molecular complexity index is 291. The molecule has 0 unspecified atom stereocenters. The average Bonchev–Trinajstić information content (AvgIpc) is 2.01. The van der Waals surface area contributed by atoms with Gasteiger partial charge >= 0.3 is 115 Å². The molecule has 0 fully saturated rings. The first kappa shape index (κ1) is 13.6. The molecule has 4 heteroatoms. The summed E-state index contributed by atoms with van der Waals surface area (Å²) in [5, 5.41) is 3.29. The van der Waals surface area contributed by atoms with Gasteiger partial charge in [0.15, 0.2) is 0 Å². The second-order valence-corrected chi connectivity index (χ2v) is 27.6. The van der Waals surface area contributed by atoms with Crippen molar-refractivity contribution in [1.29, 1.82) is 0 Å². The van der Waals surface area contributed by atoms with Crippen molar-refractivity contribution in [3.63, 3.8) is 0 Å². The fourth-order valence-corrected chi connectivity index (χ4v) is 10.2. The Morgan fingerprint density at radius 2 is 1.07 bits per heavy atom. The summed E-state index contributed by atoms with van der Waals surface area (Å²) in [6.07, 6.45) is 0. The second kappa shape index (κ2) is 4.81. The van der Waals surface area contributed by atoms with Gasteiger partial charge in [-0.1, -0.05) is 0 Å². The van der Waals surface area contributed by atoms with Gasteiger partial charge in [0.25, 0.3) is 0 Å². The molecule has 1 aromatic rings. The van der Waals surface area contributed by atoms with E-state index < -0.39 is 9.81 Å². The van der Waals surface area contributed by atoms with Crippen LogP contribution in [0.5, 0.6) is 0 Å². The molecule has 0 saturated heterocycles. The normalized spacial score (nSPS) is 15.3. The van der Waals surface area contributed by atoms with Crippen LogP contribution in [0.4, 0.5) is 0 Å². The van der Waals surface area contributed by atoms with Gasteiger partial charge in [0.2, 0.25) is 0 Å². The van der Waals surface area contributed by atoms with E-state index in [1.54, 1.807) is 10.6 Å². The van der Waals surface area contributed by atoms with Crippen molar-refractivity contribution in [3.8, 4) is 0 Å². The Balaban J connectivity index is 3.31. The SMILES string of the molecule is C[PH](C)(I)c1ccccc1[PH](C)(C)I. The Hall–Kier alpha value is 1.54. The van der Waals surface area contributed by atoms with Crippen LogP contribution in [0, 0.1) is 0 Å². The predicted octanol–water partition coefficient (Wildman–Crippen LogP) is 3.66. The van der Waals surface area contributed by atoms with Crippen LogP contribution in [0.25, 0.3) is 0 Å². The summed E-state index contributed by atoms with van der Waals surface area (Å²) in [5.74, 6) is 0. The molecule has 0 aliphatic rings. The molecule has 0 saturated carbocycles. The molecule has 0 aliphatic heterocycles. The number of halogens is 2. The third kappa shape index (κ3) is 3.54. The number of hydrogen-bond acceptors (Lipinski definition) is 0. The van der Waals surface area contributed by atoms with E-state index in [0.717, 1.165) is 0 Å². The van der Waals surface area contributed by atoms with Crippen LogP contribution >= 0.6 is 53.9 Å². The minimum atomic E-state index is -1.19. The Morgan fingerprint density at radius 1 is 0.786 bits per heavy atom. The number of hydrogen-bond donors (Lipinski definition) is 0. The quantitative estimate of drug-likeness (QED) is 0.473. The van der Waals surface area contributed by atoms with E-state index in [-0.39, 0.29) is 0 Å². The van der Waals surface area contributed by atoms with Gasteiger partial charge in [-0.15, -0.1) is 0 Å². The number of benzene rings is 1.